The summed E-state index contributed by atoms with van der Waals surface area (Å²) in [6, 6.07) is 9.76. The zero-order chi connectivity index (χ0) is 17.1. The Kier molecular flexibility index (Phi) is 4.88. The molecule has 0 saturated carbocycles. The Morgan fingerprint density at radius 2 is 2.21 bits per heavy atom. The second-order valence-electron chi connectivity index (χ2n) is 5.26. The number of aryl methyl sites for hydroxylation is 1. The van der Waals surface area contributed by atoms with E-state index >= 15 is 0 Å². The Balaban J connectivity index is 1.63. The van der Waals surface area contributed by atoms with Crippen molar-refractivity contribution in [3.8, 4) is 6.07 Å². The number of nitriles is 1. The molecule has 0 bridgehead atoms. The number of fused-ring (bicyclic) bond motifs is 1. The summed E-state index contributed by atoms with van der Waals surface area (Å²) in [4.78, 5) is 4.54. The van der Waals surface area contributed by atoms with Gasteiger partial charge in [-0.15, -0.1) is 0 Å². The van der Waals surface area contributed by atoms with E-state index in [0.717, 1.165) is 33.3 Å². The molecule has 0 radical (unpaired) electrons. The Bertz CT molecular complexity index is 930. The molecular formula is C16H14BrClN6. The largest absolute Gasteiger partial charge is 0.381 e. The maximum Gasteiger partial charge on any atom is 0.163 e. The van der Waals surface area contributed by atoms with Crippen LogP contribution in [-0.2, 0) is 6.42 Å². The van der Waals surface area contributed by atoms with Crippen molar-refractivity contribution in [1.82, 2.24) is 15.2 Å². The van der Waals surface area contributed by atoms with Crippen molar-refractivity contribution in [2.24, 2.45) is 0 Å². The second-order valence-corrected chi connectivity index (χ2v) is 6.58. The van der Waals surface area contributed by atoms with E-state index in [0.29, 0.717) is 23.6 Å². The highest BCUT2D eigenvalue weighted by Gasteiger charge is 2.09. The van der Waals surface area contributed by atoms with E-state index in [4.69, 9.17) is 22.6 Å². The van der Waals surface area contributed by atoms with Crippen LogP contribution in [0.4, 0.5) is 11.6 Å². The monoisotopic (exact) mass is 404 g/mol. The molecule has 0 unspecified atom stereocenters. The first kappa shape index (κ1) is 16.6. The second kappa shape index (κ2) is 7.07. The van der Waals surface area contributed by atoms with Gasteiger partial charge in [-0.3, -0.25) is 5.10 Å². The zero-order valence-corrected chi connectivity index (χ0v) is 14.9. The molecule has 0 spiro atoms. The van der Waals surface area contributed by atoms with Gasteiger partial charge in [-0.05, 0) is 37.1 Å². The quantitative estimate of drug-likeness (QED) is 0.559. The number of hydrogen-bond acceptors (Lipinski definition) is 5. The molecule has 8 heteroatoms. The minimum absolute atomic E-state index is 0.248. The predicted molar refractivity (Wildman–Crippen MR) is 99.0 cm³/mol. The van der Waals surface area contributed by atoms with Crippen LogP contribution < -0.4 is 11.1 Å². The van der Waals surface area contributed by atoms with E-state index in [-0.39, 0.29) is 5.82 Å². The first-order chi connectivity index (χ1) is 11.6. The molecule has 0 atom stereocenters. The van der Waals surface area contributed by atoms with E-state index in [1.54, 1.807) is 0 Å². The summed E-state index contributed by atoms with van der Waals surface area (Å²) in [5.74, 6) is 1.01. The Morgan fingerprint density at radius 3 is 3.00 bits per heavy atom. The van der Waals surface area contributed by atoms with Gasteiger partial charge in [0.15, 0.2) is 5.82 Å². The topological polar surface area (TPSA) is 103 Å². The molecule has 122 valence electrons. The number of pyridine rings is 1. The summed E-state index contributed by atoms with van der Waals surface area (Å²) < 4.78 is 0.926. The first-order valence-electron chi connectivity index (χ1n) is 7.31. The van der Waals surface area contributed by atoms with E-state index < -0.39 is 0 Å². The van der Waals surface area contributed by atoms with Gasteiger partial charge in [0.05, 0.1) is 16.2 Å². The van der Waals surface area contributed by atoms with Crippen molar-refractivity contribution in [3.63, 3.8) is 0 Å². The Hall–Kier alpha value is -2.30. The van der Waals surface area contributed by atoms with Gasteiger partial charge in [-0.1, -0.05) is 27.5 Å². The van der Waals surface area contributed by atoms with Crippen LogP contribution in [-0.4, -0.2) is 21.7 Å². The van der Waals surface area contributed by atoms with Crippen molar-refractivity contribution in [2.75, 3.05) is 17.6 Å². The molecule has 3 aromatic rings. The number of benzene rings is 1. The van der Waals surface area contributed by atoms with Crippen molar-refractivity contribution in [1.29, 1.82) is 5.26 Å². The summed E-state index contributed by atoms with van der Waals surface area (Å²) >= 11 is 9.66. The zero-order valence-electron chi connectivity index (χ0n) is 12.6. The SMILES string of the molecule is N#Cc1c(N)n[nH]c1CCCNc1ccc2cc(Br)cc(Cl)c2n1. The summed E-state index contributed by atoms with van der Waals surface area (Å²) in [6.45, 7) is 0.705. The lowest BCUT2D eigenvalue weighted by atomic mass is 10.1. The Morgan fingerprint density at radius 1 is 1.38 bits per heavy atom. The fraction of sp³-hybridized carbons (Fsp3) is 0.188. The minimum atomic E-state index is 0.248. The maximum atomic E-state index is 9.04. The molecule has 4 N–H and O–H groups in total. The summed E-state index contributed by atoms with van der Waals surface area (Å²) in [5, 5.41) is 20.5. The summed E-state index contributed by atoms with van der Waals surface area (Å²) in [5.41, 5.74) is 7.57. The van der Waals surface area contributed by atoms with Gasteiger partial charge in [0.1, 0.15) is 17.5 Å². The van der Waals surface area contributed by atoms with Gasteiger partial charge in [0.2, 0.25) is 0 Å². The van der Waals surface area contributed by atoms with Crippen molar-refractivity contribution < 1.29 is 0 Å². The van der Waals surface area contributed by atoms with Gasteiger partial charge >= 0.3 is 0 Å². The molecular weight excluding hydrogens is 392 g/mol. The lowest BCUT2D eigenvalue weighted by Crippen LogP contribution is -2.05. The number of H-pyrrole nitrogens is 1. The molecule has 0 amide bonds. The highest BCUT2D eigenvalue weighted by molar-refractivity contribution is 9.10. The lowest BCUT2D eigenvalue weighted by Gasteiger charge is -2.08. The molecule has 0 saturated heterocycles. The fourth-order valence-corrected chi connectivity index (χ4v) is 3.31. The number of hydrogen-bond donors (Lipinski definition) is 3. The predicted octanol–water partition coefficient (Wildman–Crippen LogP) is 3.87. The molecule has 24 heavy (non-hydrogen) atoms. The number of aromatic nitrogens is 3. The molecule has 0 aliphatic carbocycles. The summed E-state index contributed by atoms with van der Waals surface area (Å²) in [7, 11) is 0. The van der Waals surface area contributed by atoms with Crippen molar-refractivity contribution in [2.45, 2.75) is 12.8 Å². The van der Waals surface area contributed by atoms with Gasteiger partial charge in [-0.2, -0.15) is 10.4 Å². The average molecular weight is 406 g/mol. The Labute approximate surface area is 152 Å². The van der Waals surface area contributed by atoms with Crippen LogP contribution >= 0.6 is 27.5 Å². The molecule has 2 aromatic heterocycles. The smallest absolute Gasteiger partial charge is 0.163 e. The van der Waals surface area contributed by atoms with Gasteiger partial charge in [0.25, 0.3) is 0 Å². The van der Waals surface area contributed by atoms with Crippen LogP contribution in [0.2, 0.25) is 5.02 Å². The third-order valence-electron chi connectivity index (χ3n) is 3.60. The molecule has 2 heterocycles. The van der Waals surface area contributed by atoms with Crippen LogP contribution in [0, 0.1) is 11.3 Å². The molecule has 3 rings (SSSR count). The number of halogens is 2. The van der Waals surface area contributed by atoms with Crippen LogP contribution in [0.3, 0.4) is 0 Å². The number of nitrogens with one attached hydrogen (secondary N) is 2. The molecule has 0 aliphatic heterocycles. The number of aromatic amines is 1. The van der Waals surface area contributed by atoms with E-state index in [2.05, 4.69) is 42.5 Å². The van der Waals surface area contributed by atoms with E-state index in [1.807, 2.05) is 24.3 Å². The first-order valence-corrected chi connectivity index (χ1v) is 8.48. The molecule has 0 aliphatic rings. The maximum absolute atomic E-state index is 9.04. The molecule has 1 aromatic carbocycles. The number of rotatable bonds is 5. The minimum Gasteiger partial charge on any atom is -0.381 e. The number of nitrogens with two attached hydrogens (primary N) is 1. The van der Waals surface area contributed by atoms with Crippen LogP contribution in [0.15, 0.2) is 28.7 Å². The fourth-order valence-electron chi connectivity index (χ4n) is 2.44. The van der Waals surface area contributed by atoms with E-state index in [1.165, 1.54) is 0 Å². The molecule has 0 fully saturated rings. The van der Waals surface area contributed by atoms with Crippen LogP contribution in [0.1, 0.15) is 17.7 Å². The van der Waals surface area contributed by atoms with Gasteiger partial charge < -0.3 is 11.1 Å². The van der Waals surface area contributed by atoms with E-state index in [9.17, 15) is 0 Å². The third-order valence-corrected chi connectivity index (χ3v) is 4.35. The number of nitrogen functional groups attached to an aromatic ring is 1. The highest BCUT2D eigenvalue weighted by atomic mass is 79.9. The lowest BCUT2D eigenvalue weighted by molar-refractivity contribution is 0.823. The average Bonchev–Trinajstić information content (AvgIpc) is 2.91. The van der Waals surface area contributed by atoms with Crippen LogP contribution in [0.5, 0.6) is 0 Å². The summed E-state index contributed by atoms with van der Waals surface area (Å²) in [6.07, 6.45) is 1.49. The van der Waals surface area contributed by atoms with Crippen molar-refractivity contribution >= 4 is 50.1 Å². The third kappa shape index (κ3) is 3.45. The number of nitrogens with zero attached hydrogens (tertiary/aromatic N) is 3. The van der Waals surface area contributed by atoms with Crippen molar-refractivity contribution in [3.05, 3.63) is 45.0 Å². The highest BCUT2D eigenvalue weighted by Crippen LogP contribution is 2.27. The number of anilines is 2. The normalized spacial score (nSPS) is 10.7. The molecule has 6 nitrogen and oxygen atoms in total. The standard InChI is InChI=1S/C16H14BrClN6/c17-10-6-9-3-4-14(22-15(9)12(18)7-10)21-5-1-2-13-11(8-19)16(20)24-23-13/h3-4,6-7H,1-2,5H2,(H,21,22)(H3,20,23,24). The van der Waals surface area contributed by atoms with Gasteiger partial charge in [-0.25, -0.2) is 4.98 Å². The van der Waals surface area contributed by atoms with Crippen LogP contribution in [0.25, 0.3) is 10.9 Å². The van der Waals surface area contributed by atoms with Gasteiger partial charge in [0, 0.05) is 16.4 Å².